The maximum Gasteiger partial charge on any atom is 0.326 e. The number of aliphatic carboxylic acids is 1. The number of thioether (sulfide) groups is 2. The normalized spacial score (nSPS) is 17.8. The fourth-order valence-electron chi connectivity index (χ4n) is 2.05. The maximum absolute atomic E-state index is 12.6. The molecule has 1 saturated heterocycles. The highest BCUT2D eigenvalue weighted by Gasteiger charge is 2.40. The van der Waals surface area contributed by atoms with Crippen molar-refractivity contribution in [2.24, 2.45) is 0 Å². The summed E-state index contributed by atoms with van der Waals surface area (Å²) in [6, 6.07) is 6.60. The van der Waals surface area contributed by atoms with E-state index in [0.717, 1.165) is 21.8 Å². The average molecular weight is 432 g/mol. The number of nitrogens with zero attached hydrogens (tertiary/aromatic N) is 1. The van der Waals surface area contributed by atoms with Gasteiger partial charge in [-0.2, -0.15) is 11.8 Å². The summed E-state index contributed by atoms with van der Waals surface area (Å²) in [4.78, 5) is 25.7. The van der Waals surface area contributed by atoms with E-state index in [2.05, 4.69) is 15.9 Å². The van der Waals surface area contributed by atoms with Gasteiger partial charge in [-0.15, -0.1) is 0 Å². The van der Waals surface area contributed by atoms with E-state index < -0.39 is 12.0 Å². The fraction of sp³-hybridized carbons (Fsp3) is 0.267. The second-order valence-electron chi connectivity index (χ2n) is 4.74. The number of halogens is 1. The molecule has 1 amide bonds. The Hall–Kier alpha value is -0.830. The number of rotatable bonds is 6. The summed E-state index contributed by atoms with van der Waals surface area (Å²) in [6.07, 6.45) is 4.00. The van der Waals surface area contributed by atoms with Gasteiger partial charge in [0.2, 0.25) is 0 Å². The quantitative estimate of drug-likeness (QED) is 0.544. The number of hydrogen-bond acceptors (Lipinski definition) is 5. The van der Waals surface area contributed by atoms with Gasteiger partial charge in [0, 0.05) is 4.47 Å². The van der Waals surface area contributed by atoms with Gasteiger partial charge in [0.25, 0.3) is 5.91 Å². The standard InChI is InChI=1S/C15H14BrNO3S3/c1-22-7-6-11(14(19)20)17-13(18)12(23-15(17)21)8-9-2-4-10(16)5-3-9/h2-5,8,11H,6-7H2,1H3,(H,19,20)/b12-8-. The van der Waals surface area contributed by atoms with Crippen molar-refractivity contribution in [1.29, 1.82) is 0 Å². The molecule has 1 aliphatic rings. The van der Waals surface area contributed by atoms with Crippen LogP contribution in [0.15, 0.2) is 33.6 Å². The summed E-state index contributed by atoms with van der Waals surface area (Å²) in [5.41, 5.74) is 0.865. The van der Waals surface area contributed by atoms with E-state index in [-0.39, 0.29) is 5.91 Å². The van der Waals surface area contributed by atoms with Crippen LogP contribution in [0.4, 0.5) is 0 Å². The Kier molecular flexibility index (Phi) is 6.70. The monoisotopic (exact) mass is 431 g/mol. The van der Waals surface area contributed by atoms with Crippen LogP contribution in [-0.2, 0) is 9.59 Å². The minimum atomic E-state index is -1.03. The first kappa shape index (κ1) is 18.5. The molecule has 2 rings (SSSR count). The predicted molar refractivity (Wildman–Crippen MR) is 104 cm³/mol. The number of thiocarbonyl (C=S) groups is 1. The highest BCUT2D eigenvalue weighted by Crippen LogP contribution is 2.35. The molecule has 1 atom stereocenters. The molecule has 0 radical (unpaired) electrons. The molecule has 0 aromatic heterocycles. The number of carbonyl (C=O) groups excluding carboxylic acids is 1. The summed E-state index contributed by atoms with van der Waals surface area (Å²) in [5, 5.41) is 9.41. The molecule has 1 aromatic carbocycles. The Morgan fingerprint density at radius 3 is 2.70 bits per heavy atom. The van der Waals surface area contributed by atoms with E-state index in [4.69, 9.17) is 12.2 Å². The van der Waals surface area contributed by atoms with Crippen LogP contribution in [-0.4, -0.2) is 44.3 Å². The summed E-state index contributed by atoms with van der Waals surface area (Å²) >= 11 is 11.3. The lowest BCUT2D eigenvalue weighted by Gasteiger charge is -2.22. The molecular weight excluding hydrogens is 418 g/mol. The van der Waals surface area contributed by atoms with E-state index in [9.17, 15) is 14.7 Å². The van der Waals surface area contributed by atoms with Gasteiger partial charge in [0.1, 0.15) is 10.4 Å². The lowest BCUT2D eigenvalue weighted by molar-refractivity contribution is -0.145. The minimum Gasteiger partial charge on any atom is -0.480 e. The van der Waals surface area contributed by atoms with E-state index in [0.29, 0.717) is 21.4 Å². The van der Waals surface area contributed by atoms with Gasteiger partial charge in [0.05, 0.1) is 4.91 Å². The van der Waals surface area contributed by atoms with Gasteiger partial charge in [-0.25, -0.2) is 4.79 Å². The number of carbonyl (C=O) groups is 2. The summed E-state index contributed by atoms with van der Waals surface area (Å²) in [5.74, 6) is -0.712. The lowest BCUT2D eigenvalue weighted by atomic mass is 10.2. The van der Waals surface area contributed by atoms with Gasteiger partial charge in [-0.1, -0.05) is 52.0 Å². The second-order valence-corrected chi connectivity index (χ2v) is 8.32. The van der Waals surface area contributed by atoms with Crippen LogP contribution in [0, 0.1) is 0 Å². The molecule has 0 saturated carbocycles. The van der Waals surface area contributed by atoms with Gasteiger partial charge in [-0.05, 0) is 42.2 Å². The van der Waals surface area contributed by atoms with Crippen LogP contribution in [0.5, 0.6) is 0 Å². The molecule has 1 aliphatic heterocycles. The third-order valence-electron chi connectivity index (χ3n) is 3.18. The van der Waals surface area contributed by atoms with Crippen LogP contribution in [0.25, 0.3) is 6.08 Å². The minimum absolute atomic E-state index is 0.298. The Labute approximate surface area is 156 Å². The number of hydrogen-bond donors (Lipinski definition) is 1. The van der Waals surface area contributed by atoms with Crippen molar-refractivity contribution in [2.75, 3.05) is 12.0 Å². The molecular formula is C15H14BrNO3S3. The molecule has 1 aromatic rings. The maximum atomic E-state index is 12.6. The molecule has 23 heavy (non-hydrogen) atoms. The van der Waals surface area contributed by atoms with E-state index >= 15 is 0 Å². The van der Waals surface area contributed by atoms with Crippen molar-refractivity contribution >= 4 is 73.9 Å². The van der Waals surface area contributed by atoms with Crippen LogP contribution in [0.2, 0.25) is 0 Å². The first-order valence-electron chi connectivity index (χ1n) is 6.68. The fourth-order valence-corrected chi connectivity index (χ4v) is 4.13. The summed E-state index contributed by atoms with van der Waals surface area (Å²) < 4.78 is 1.25. The van der Waals surface area contributed by atoms with Crippen LogP contribution in [0.3, 0.4) is 0 Å². The Bertz CT molecular complexity index is 660. The third kappa shape index (κ3) is 4.59. The highest BCUT2D eigenvalue weighted by atomic mass is 79.9. The summed E-state index contributed by atoms with van der Waals surface area (Å²) in [7, 11) is 0. The number of carboxylic acid groups (broad SMARTS) is 1. The smallest absolute Gasteiger partial charge is 0.326 e. The van der Waals surface area contributed by atoms with E-state index in [1.165, 1.54) is 4.90 Å². The number of benzene rings is 1. The first-order chi connectivity index (χ1) is 10.9. The number of amides is 1. The van der Waals surface area contributed by atoms with Crippen LogP contribution >= 0.6 is 51.7 Å². The summed E-state index contributed by atoms with van der Waals surface area (Å²) in [6.45, 7) is 0. The van der Waals surface area contributed by atoms with Crippen molar-refractivity contribution < 1.29 is 14.7 Å². The zero-order valence-electron chi connectivity index (χ0n) is 12.2. The second kappa shape index (κ2) is 8.32. The first-order valence-corrected chi connectivity index (χ1v) is 10.1. The largest absolute Gasteiger partial charge is 0.480 e. The number of carboxylic acids is 1. The lowest BCUT2D eigenvalue weighted by Crippen LogP contribution is -2.44. The van der Waals surface area contributed by atoms with Crippen molar-refractivity contribution in [2.45, 2.75) is 12.5 Å². The highest BCUT2D eigenvalue weighted by molar-refractivity contribution is 9.10. The third-order valence-corrected chi connectivity index (χ3v) is 5.69. The van der Waals surface area contributed by atoms with Gasteiger partial charge >= 0.3 is 5.97 Å². The van der Waals surface area contributed by atoms with Gasteiger partial charge in [-0.3, -0.25) is 9.69 Å². The van der Waals surface area contributed by atoms with Crippen LogP contribution in [0.1, 0.15) is 12.0 Å². The molecule has 0 bridgehead atoms. The average Bonchev–Trinajstić information content (AvgIpc) is 2.77. The van der Waals surface area contributed by atoms with Crippen molar-refractivity contribution in [3.8, 4) is 0 Å². The topological polar surface area (TPSA) is 57.6 Å². The van der Waals surface area contributed by atoms with Crippen molar-refractivity contribution in [3.05, 3.63) is 39.2 Å². The van der Waals surface area contributed by atoms with Crippen LogP contribution < -0.4 is 0 Å². The molecule has 1 heterocycles. The molecule has 122 valence electrons. The Balaban J connectivity index is 2.24. The Morgan fingerprint density at radius 1 is 1.48 bits per heavy atom. The molecule has 8 heteroatoms. The molecule has 0 aliphatic carbocycles. The molecule has 1 unspecified atom stereocenters. The molecule has 4 nitrogen and oxygen atoms in total. The van der Waals surface area contributed by atoms with E-state index in [1.54, 1.807) is 17.8 Å². The zero-order chi connectivity index (χ0) is 17.0. The van der Waals surface area contributed by atoms with Gasteiger partial charge < -0.3 is 5.11 Å². The van der Waals surface area contributed by atoms with E-state index in [1.807, 2.05) is 30.5 Å². The molecule has 0 spiro atoms. The SMILES string of the molecule is CSCCC(C(=O)O)N1C(=O)/C(=C/c2ccc(Br)cc2)SC1=S. The van der Waals surface area contributed by atoms with Crippen molar-refractivity contribution in [1.82, 2.24) is 4.90 Å². The molecule has 1 N–H and O–H groups in total. The predicted octanol–water partition coefficient (Wildman–Crippen LogP) is 3.86. The van der Waals surface area contributed by atoms with Crippen molar-refractivity contribution in [3.63, 3.8) is 0 Å². The van der Waals surface area contributed by atoms with Gasteiger partial charge in [0.15, 0.2) is 0 Å². The Morgan fingerprint density at radius 2 is 2.13 bits per heavy atom. The molecule has 1 fully saturated rings. The zero-order valence-corrected chi connectivity index (χ0v) is 16.2.